The fraction of sp³-hybridized carbons (Fsp3) is 0.435. The summed E-state index contributed by atoms with van der Waals surface area (Å²) in [6, 6.07) is 16.9. The van der Waals surface area contributed by atoms with Gasteiger partial charge >= 0.3 is 0 Å². The third kappa shape index (κ3) is 4.16. The molecular formula is C23H31N3O. The molecule has 0 saturated carbocycles. The second-order valence-corrected chi connectivity index (χ2v) is 8.01. The molecule has 4 nitrogen and oxygen atoms in total. The maximum atomic E-state index is 13.0. The smallest absolute Gasteiger partial charge is 0.228 e. The summed E-state index contributed by atoms with van der Waals surface area (Å²) in [5, 5.41) is 3.24. The van der Waals surface area contributed by atoms with Crippen LogP contribution in [0.5, 0.6) is 0 Å². The molecule has 1 aliphatic rings. The first-order valence-electron chi connectivity index (χ1n) is 9.89. The van der Waals surface area contributed by atoms with Crippen molar-refractivity contribution in [3.63, 3.8) is 0 Å². The van der Waals surface area contributed by atoms with Crippen molar-refractivity contribution in [2.24, 2.45) is 0 Å². The van der Waals surface area contributed by atoms with Crippen molar-refractivity contribution < 1.29 is 4.79 Å². The number of nitrogens with zero attached hydrogens (tertiary/aromatic N) is 1. The third-order valence-electron chi connectivity index (χ3n) is 5.53. The number of hydrogen-bond donors (Lipinski definition) is 2. The van der Waals surface area contributed by atoms with Crippen molar-refractivity contribution in [2.45, 2.75) is 58.2 Å². The summed E-state index contributed by atoms with van der Waals surface area (Å²) < 4.78 is 0. The van der Waals surface area contributed by atoms with Crippen molar-refractivity contribution in [3.05, 3.63) is 65.2 Å². The summed E-state index contributed by atoms with van der Waals surface area (Å²) in [4.78, 5) is 15.5. The van der Waals surface area contributed by atoms with Crippen LogP contribution in [0.2, 0.25) is 0 Å². The van der Waals surface area contributed by atoms with Gasteiger partial charge in [-0.15, -0.1) is 0 Å². The van der Waals surface area contributed by atoms with Crippen LogP contribution in [0.4, 0.5) is 5.69 Å². The topological polar surface area (TPSA) is 58.4 Å². The van der Waals surface area contributed by atoms with Crippen LogP contribution in [0.25, 0.3) is 0 Å². The van der Waals surface area contributed by atoms with E-state index in [1.54, 1.807) is 0 Å². The zero-order chi connectivity index (χ0) is 19.6. The molecule has 0 bridgehead atoms. The van der Waals surface area contributed by atoms with Crippen molar-refractivity contribution in [1.29, 1.82) is 0 Å². The molecule has 0 saturated heterocycles. The van der Waals surface area contributed by atoms with Crippen LogP contribution >= 0.6 is 0 Å². The molecule has 0 fully saturated rings. The number of rotatable bonds is 6. The minimum Gasteiger partial charge on any atom is -0.399 e. The SMILES string of the molecule is CC(C)N(CCC1C(=O)NC(c2cccc(N)c2)c2ccccc21)C(C)C. The minimum atomic E-state index is -0.139. The lowest BCUT2D eigenvalue weighted by molar-refractivity contribution is -0.124. The van der Waals surface area contributed by atoms with Crippen molar-refractivity contribution in [3.8, 4) is 0 Å². The number of carbonyl (C=O) groups is 1. The Kier molecular flexibility index (Phi) is 5.85. The van der Waals surface area contributed by atoms with E-state index < -0.39 is 0 Å². The Balaban J connectivity index is 1.89. The second-order valence-electron chi connectivity index (χ2n) is 8.01. The highest BCUT2D eigenvalue weighted by atomic mass is 16.2. The van der Waals surface area contributed by atoms with Gasteiger partial charge in [-0.1, -0.05) is 36.4 Å². The van der Waals surface area contributed by atoms with E-state index in [1.165, 1.54) is 5.56 Å². The molecule has 2 aromatic rings. The first-order valence-corrected chi connectivity index (χ1v) is 9.89. The molecule has 2 unspecified atom stereocenters. The molecule has 144 valence electrons. The molecular weight excluding hydrogens is 334 g/mol. The number of nitrogen functional groups attached to an aromatic ring is 1. The standard InChI is InChI=1S/C23H31N3O/c1-15(2)26(16(3)4)13-12-21-19-10-5-6-11-20(19)22(25-23(21)27)17-8-7-9-18(24)14-17/h5-11,14-16,21-22H,12-13,24H2,1-4H3,(H,25,27). The predicted molar refractivity (Wildman–Crippen MR) is 112 cm³/mol. The van der Waals surface area contributed by atoms with Gasteiger partial charge < -0.3 is 11.1 Å². The van der Waals surface area contributed by atoms with E-state index in [2.05, 4.69) is 50.0 Å². The Morgan fingerprint density at radius 3 is 2.30 bits per heavy atom. The second kappa shape index (κ2) is 8.13. The average Bonchev–Trinajstić information content (AvgIpc) is 2.62. The minimum absolute atomic E-state index is 0.105. The highest BCUT2D eigenvalue weighted by Gasteiger charge is 2.34. The largest absolute Gasteiger partial charge is 0.399 e. The van der Waals surface area contributed by atoms with E-state index in [4.69, 9.17) is 5.73 Å². The predicted octanol–water partition coefficient (Wildman–Crippen LogP) is 4.08. The van der Waals surface area contributed by atoms with E-state index >= 15 is 0 Å². The summed E-state index contributed by atoms with van der Waals surface area (Å²) in [5.41, 5.74) is 10.0. The summed E-state index contributed by atoms with van der Waals surface area (Å²) in [5.74, 6) is -0.00732. The van der Waals surface area contributed by atoms with Gasteiger partial charge in [-0.25, -0.2) is 0 Å². The number of carbonyl (C=O) groups excluding carboxylic acids is 1. The van der Waals surface area contributed by atoms with Gasteiger partial charge in [-0.3, -0.25) is 9.69 Å². The normalized spacial score (nSPS) is 19.4. The number of nitrogens with two attached hydrogens (primary N) is 1. The first-order chi connectivity index (χ1) is 12.9. The quantitative estimate of drug-likeness (QED) is 0.758. The maximum absolute atomic E-state index is 13.0. The van der Waals surface area contributed by atoms with Crippen LogP contribution in [-0.2, 0) is 4.79 Å². The van der Waals surface area contributed by atoms with Gasteiger partial charge in [0.05, 0.1) is 12.0 Å². The van der Waals surface area contributed by atoms with Gasteiger partial charge in [0.1, 0.15) is 0 Å². The van der Waals surface area contributed by atoms with E-state index in [0.29, 0.717) is 17.8 Å². The van der Waals surface area contributed by atoms with Crippen LogP contribution in [0.3, 0.4) is 0 Å². The summed E-state index contributed by atoms with van der Waals surface area (Å²) in [6.07, 6.45) is 0.822. The third-order valence-corrected chi connectivity index (χ3v) is 5.53. The molecule has 1 aliphatic heterocycles. The molecule has 3 N–H and O–H groups in total. The number of nitrogens with one attached hydrogen (secondary N) is 1. The van der Waals surface area contributed by atoms with Crippen molar-refractivity contribution in [1.82, 2.24) is 10.2 Å². The zero-order valence-electron chi connectivity index (χ0n) is 16.8. The molecule has 0 spiro atoms. The Morgan fingerprint density at radius 1 is 1.00 bits per heavy atom. The molecule has 2 atom stereocenters. The Bertz CT molecular complexity index is 792. The number of benzene rings is 2. The summed E-state index contributed by atoms with van der Waals surface area (Å²) in [7, 11) is 0. The lowest BCUT2D eigenvalue weighted by Crippen LogP contribution is -2.42. The molecule has 0 radical (unpaired) electrons. The Hall–Kier alpha value is -2.33. The first kappa shape index (κ1) is 19.4. The number of hydrogen-bond acceptors (Lipinski definition) is 3. The highest BCUT2D eigenvalue weighted by molar-refractivity contribution is 5.87. The van der Waals surface area contributed by atoms with Gasteiger partial charge in [-0.05, 0) is 69.5 Å². The molecule has 0 aliphatic carbocycles. The molecule has 2 aromatic carbocycles. The van der Waals surface area contributed by atoms with Crippen LogP contribution in [-0.4, -0.2) is 29.4 Å². The molecule has 0 aromatic heterocycles. The van der Waals surface area contributed by atoms with E-state index in [1.807, 2.05) is 36.4 Å². The van der Waals surface area contributed by atoms with Crippen LogP contribution in [0.15, 0.2) is 48.5 Å². The number of anilines is 1. The molecule has 1 heterocycles. The molecule has 3 rings (SSSR count). The Morgan fingerprint density at radius 2 is 1.67 bits per heavy atom. The molecule has 27 heavy (non-hydrogen) atoms. The van der Waals surface area contributed by atoms with Gasteiger partial charge in [0.25, 0.3) is 0 Å². The number of fused-ring (bicyclic) bond motifs is 1. The van der Waals surface area contributed by atoms with Crippen LogP contribution < -0.4 is 11.1 Å². The number of amides is 1. The maximum Gasteiger partial charge on any atom is 0.228 e. The summed E-state index contributed by atoms with van der Waals surface area (Å²) >= 11 is 0. The van der Waals surface area contributed by atoms with E-state index in [0.717, 1.165) is 24.1 Å². The van der Waals surface area contributed by atoms with Gasteiger partial charge in [0.2, 0.25) is 5.91 Å². The Labute approximate surface area is 162 Å². The van der Waals surface area contributed by atoms with E-state index in [-0.39, 0.29) is 17.9 Å². The van der Waals surface area contributed by atoms with Gasteiger partial charge in [0.15, 0.2) is 0 Å². The van der Waals surface area contributed by atoms with Crippen LogP contribution in [0, 0.1) is 0 Å². The van der Waals surface area contributed by atoms with Crippen LogP contribution in [0.1, 0.15) is 62.8 Å². The lowest BCUT2D eigenvalue weighted by Gasteiger charge is -2.35. The van der Waals surface area contributed by atoms with Crippen molar-refractivity contribution >= 4 is 11.6 Å². The fourth-order valence-electron chi connectivity index (χ4n) is 4.23. The average molecular weight is 366 g/mol. The zero-order valence-corrected chi connectivity index (χ0v) is 16.8. The van der Waals surface area contributed by atoms with Crippen molar-refractivity contribution in [2.75, 3.05) is 12.3 Å². The lowest BCUT2D eigenvalue weighted by atomic mass is 9.82. The molecule has 4 heteroatoms. The van der Waals surface area contributed by atoms with E-state index in [9.17, 15) is 4.79 Å². The van der Waals surface area contributed by atoms with Gasteiger partial charge in [0, 0.05) is 17.8 Å². The fourth-order valence-corrected chi connectivity index (χ4v) is 4.23. The van der Waals surface area contributed by atoms with Gasteiger partial charge in [-0.2, -0.15) is 0 Å². The molecule has 1 amide bonds. The monoisotopic (exact) mass is 365 g/mol. The summed E-state index contributed by atoms with van der Waals surface area (Å²) in [6.45, 7) is 9.76. The highest BCUT2D eigenvalue weighted by Crippen LogP contribution is 2.36.